The minimum atomic E-state index is -0.255. The Morgan fingerprint density at radius 2 is 1.72 bits per heavy atom. The van der Waals surface area contributed by atoms with E-state index < -0.39 is 0 Å². The number of fused-ring (bicyclic) bond motifs is 1. The zero-order valence-corrected chi connectivity index (χ0v) is 14.7. The number of nitrogens with zero attached hydrogens (tertiary/aromatic N) is 1. The van der Waals surface area contributed by atoms with E-state index in [1.807, 2.05) is 0 Å². The monoisotopic (exact) mass is 357 g/mol. The number of carbonyl (C=O) groups is 1. The number of hydrogen-bond acceptors (Lipinski definition) is 5. The van der Waals surface area contributed by atoms with Crippen molar-refractivity contribution in [1.29, 1.82) is 0 Å². The highest BCUT2D eigenvalue weighted by Gasteiger charge is 2.31. The largest absolute Gasteiger partial charge is 0.506 e. The first-order chi connectivity index (χ1) is 12.0. The lowest BCUT2D eigenvalue weighted by molar-refractivity contribution is 0.104. The number of rotatable bonds is 4. The summed E-state index contributed by atoms with van der Waals surface area (Å²) in [6.07, 6.45) is 0. The van der Waals surface area contributed by atoms with Gasteiger partial charge in [-0.1, -0.05) is 35.9 Å². The van der Waals surface area contributed by atoms with Crippen molar-refractivity contribution in [2.45, 2.75) is 6.92 Å². The highest BCUT2D eigenvalue weighted by Crippen LogP contribution is 2.39. The van der Waals surface area contributed by atoms with Gasteiger partial charge in [0, 0.05) is 23.3 Å². The SMILES string of the molecule is COc1cc(N=C(C)C2=C(O)c3ccccc3C2=O)c(OC)cc1Cl. The molecule has 2 aromatic carbocycles. The number of aliphatic imine (C=N–C) groups is 1. The van der Waals surface area contributed by atoms with Gasteiger partial charge in [0.25, 0.3) is 0 Å². The summed E-state index contributed by atoms with van der Waals surface area (Å²) >= 11 is 6.09. The number of Topliss-reactive ketones (excluding diaryl/α,β-unsaturated/α-hetero) is 1. The van der Waals surface area contributed by atoms with Gasteiger partial charge in [-0.15, -0.1) is 0 Å². The van der Waals surface area contributed by atoms with Crippen LogP contribution in [-0.2, 0) is 0 Å². The van der Waals surface area contributed by atoms with Crippen LogP contribution in [0.1, 0.15) is 22.8 Å². The maximum Gasteiger partial charge on any atom is 0.199 e. The highest BCUT2D eigenvalue weighted by molar-refractivity contribution is 6.35. The van der Waals surface area contributed by atoms with Crippen LogP contribution in [0.3, 0.4) is 0 Å². The molecule has 0 heterocycles. The number of methoxy groups -OCH3 is 2. The van der Waals surface area contributed by atoms with E-state index in [4.69, 9.17) is 21.1 Å². The van der Waals surface area contributed by atoms with Gasteiger partial charge in [-0.2, -0.15) is 0 Å². The molecule has 1 aliphatic rings. The van der Waals surface area contributed by atoms with Gasteiger partial charge >= 0.3 is 0 Å². The summed E-state index contributed by atoms with van der Waals surface area (Å²) in [7, 11) is 3.00. The Kier molecular flexibility index (Phi) is 4.51. The van der Waals surface area contributed by atoms with Gasteiger partial charge in [-0.3, -0.25) is 4.79 Å². The smallest absolute Gasteiger partial charge is 0.199 e. The minimum absolute atomic E-state index is 0.0678. The summed E-state index contributed by atoms with van der Waals surface area (Å²) in [6, 6.07) is 10.1. The van der Waals surface area contributed by atoms with Crippen molar-refractivity contribution < 1.29 is 19.4 Å². The number of hydrogen-bond donors (Lipinski definition) is 1. The van der Waals surface area contributed by atoms with Crippen molar-refractivity contribution in [2.24, 2.45) is 4.99 Å². The van der Waals surface area contributed by atoms with E-state index in [1.54, 1.807) is 43.3 Å². The number of allylic oxidation sites excluding steroid dienone is 1. The number of benzene rings is 2. The van der Waals surface area contributed by atoms with E-state index in [0.29, 0.717) is 39.0 Å². The first-order valence-corrected chi connectivity index (χ1v) is 7.90. The Balaban J connectivity index is 2.09. The summed E-state index contributed by atoms with van der Waals surface area (Å²) < 4.78 is 10.5. The fraction of sp³-hybridized carbons (Fsp3) is 0.158. The van der Waals surface area contributed by atoms with Crippen molar-refractivity contribution >= 4 is 34.5 Å². The maximum absolute atomic E-state index is 12.6. The van der Waals surface area contributed by atoms with Gasteiger partial charge in [-0.25, -0.2) is 4.99 Å². The molecule has 0 aliphatic heterocycles. The molecule has 0 spiro atoms. The lowest BCUT2D eigenvalue weighted by atomic mass is 10.1. The van der Waals surface area contributed by atoms with Crippen LogP contribution in [-0.4, -0.2) is 30.8 Å². The predicted octanol–water partition coefficient (Wildman–Crippen LogP) is 4.62. The molecule has 0 atom stereocenters. The fourth-order valence-electron chi connectivity index (χ4n) is 2.77. The zero-order chi connectivity index (χ0) is 18.1. The molecule has 0 radical (unpaired) electrons. The molecule has 0 unspecified atom stereocenters. The van der Waals surface area contributed by atoms with Gasteiger partial charge < -0.3 is 14.6 Å². The second-order valence-corrected chi connectivity index (χ2v) is 5.86. The number of ketones is 1. The quantitative estimate of drug-likeness (QED) is 0.811. The second-order valence-electron chi connectivity index (χ2n) is 5.45. The molecule has 0 amide bonds. The standard InChI is InChI=1S/C19H16ClNO4/c1-10(17-18(22)11-6-4-5-7-12(11)19(17)23)21-14-9-15(24-2)13(20)8-16(14)25-3/h4-9,22H,1-3H3. The van der Waals surface area contributed by atoms with E-state index >= 15 is 0 Å². The molecular weight excluding hydrogens is 342 g/mol. The fourth-order valence-corrected chi connectivity index (χ4v) is 3.00. The highest BCUT2D eigenvalue weighted by atomic mass is 35.5. The van der Waals surface area contributed by atoms with Crippen LogP contribution in [0.4, 0.5) is 5.69 Å². The third-order valence-corrected chi connectivity index (χ3v) is 4.29. The van der Waals surface area contributed by atoms with Crippen molar-refractivity contribution in [3.05, 3.63) is 58.1 Å². The van der Waals surface area contributed by atoms with Gasteiger partial charge in [0.15, 0.2) is 5.78 Å². The summed E-state index contributed by atoms with van der Waals surface area (Å²) in [5.74, 6) is 0.553. The molecule has 0 aromatic heterocycles. The van der Waals surface area contributed by atoms with E-state index in [1.165, 1.54) is 14.2 Å². The Labute approximate surface area is 150 Å². The molecule has 128 valence electrons. The summed E-state index contributed by atoms with van der Waals surface area (Å²) in [5, 5.41) is 10.8. The number of ether oxygens (including phenoxy) is 2. The lowest BCUT2D eigenvalue weighted by Gasteiger charge is -2.10. The topological polar surface area (TPSA) is 68.1 Å². The Morgan fingerprint density at radius 1 is 1.08 bits per heavy atom. The Bertz CT molecular complexity index is 931. The van der Waals surface area contributed by atoms with Crippen LogP contribution < -0.4 is 9.47 Å². The molecule has 0 saturated carbocycles. The third kappa shape index (κ3) is 2.87. The van der Waals surface area contributed by atoms with E-state index in [0.717, 1.165) is 0 Å². The molecule has 0 bridgehead atoms. The van der Waals surface area contributed by atoms with Gasteiger partial charge in [0.2, 0.25) is 0 Å². The van der Waals surface area contributed by atoms with Crippen molar-refractivity contribution in [3.8, 4) is 11.5 Å². The van der Waals surface area contributed by atoms with Crippen LogP contribution in [0, 0.1) is 0 Å². The van der Waals surface area contributed by atoms with Gasteiger partial charge in [-0.05, 0) is 6.92 Å². The molecule has 6 heteroatoms. The second kappa shape index (κ2) is 6.61. The van der Waals surface area contributed by atoms with Gasteiger partial charge in [0.05, 0.1) is 30.5 Å². The van der Waals surface area contributed by atoms with E-state index in [9.17, 15) is 9.90 Å². The lowest BCUT2D eigenvalue weighted by Crippen LogP contribution is -2.07. The zero-order valence-electron chi connectivity index (χ0n) is 14.0. The molecule has 0 fully saturated rings. The molecule has 2 aromatic rings. The number of aliphatic hydroxyl groups excluding tert-OH is 1. The molecule has 1 aliphatic carbocycles. The molecule has 25 heavy (non-hydrogen) atoms. The average molecular weight is 358 g/mol. The summed E-state index contributed by atoms with van der Waals surface area (Å²) in [5.41, 5.74) is 1.98. The van der Waals surface area contributed by atoms with Crippen molar-refractivity contribution in [1.82, 2.24) is 0 Å². The molecular formula is C19H16ClNO4. The third-order valence-electron chi connectivity index (χ3n) is 3.99. The number of carbonyl (C=O) groups excluding carboxylic acids is 1. The van der Waals surface area contributed by atoms with Crippen molar-refractivity contribution in [3.63, 3.8) is 0 Å². The molecule has 5 nitrogen and oxygen atoms in total. The maximum atomic E-state index is 12.6. The van der Waals surface area contributed by atoms with Crippen LogP contribution >= 0.6 is 11.6 Å². The number of aliphatic hydroxyl groups is 1. The van der Waals surface area contributed by atoms with Crippen LogP contribution in [0.25, 0.3) is 5.76 Å². The first kappa shape index (κ1) is 17.0. The van der Waals surface area contributed by atoms with Gasteiger partial charge in [0.1, 0.15) is 22.9 Å². The predicted molar refractivity (Wildman–Crippen MR) is 97.6 cm³/mol. The molecule has 0 saturated heterocycles. The number of halogens is 1. The Hall–Kier alpha value is -2.79. The molecule has 1 N–H and O–H groups in total. The normalized spacial score (nSPS) is 13.9. The van der Waals surface area contributed by atoms with Crippen LogP contribution in [0.2, 0.25) is 5.02 Å². The Morgan fingerprint density at radius 3 is 2.32 bits per heavy atom. The minimum Gasteiger partial charge on any atom is -0.506 e. The van der Waals surface area contributed by atoms with Crippen LogP contribution in [0.5, 0.6) is 11.5 Å². The summed E-state index contributed by atoms with van der Waals surface area (Å²) in [6.45, 7) is 1.66. The summed E-state index contributed by atoms with van der Waals surface area (Å²) in [4.78, 5) is 17.1. The first-order valence-electron chi connectivity index (χ1n) is 7.52. The van der Waals surface area contributed by atoms with E-state index in [-0.39, 0.29) is 17.1 Å². The van der Waals surface area contributed by atoms with Crippen LogP contribution in [0.15, 0.2) is 47.0 Å². The van der Waals surface area contributed by atoms with E-state index in [2.05, 4.69) is 4.99 Å². The van der Waals surface area contributed by atoms with Crippen molar-refractivity contribution in [2.75, 3.05) is 14.2 Å². The molecule has 3 rings (SSSR count). The average Bonchev–Trinajstić information content (AvgIpc) is 2.87.